The van der Waals surface area contributed by atoms with Gasteiger partial charge in [-0.3, -0.25) is 0 Å². The molecule has 0 amide bonds. The van der Waals surface area contributed by atoms with Crippen LogP contribution in [0, 0.1) is 5.41 Å². The number of rotatable bonds is 3. The van der Waals surface area contributed by atoms with E-state index in [0.29, 0.717) is 0 Å². The van der Waals surface area contributed by atoms with Crippen LogP contribution in [0.15, 0.2) is 24.3 Å². The van der Waals surface area contributed by atoms with E-state index in [0.717, 1.165) is 6.42 Å². The lowest BCUT2D eigenvalue weighted by Crippen LogP contribution is -2.28. The number of hydrogen-bond acceptors (Lipinski definition) is 1. The third kappa shape index (κ3) is 3.32. The van der Waals surface area contributed by atoms with Gasteiger partial charge in [-0.05, 0) is 28.4 Å². The molecule has 0 saturated carbocycles. The molecular formula is C16H27N. The minimum atomic E-state index is 0.113. The maximum absolute atomic E-state index is 6.34. The monoisotopic (exact) mass is 233 g/mol. The van der Waals surface area contributed by atoms with Gasteiger partial charge < -0.3 is 5.73 Å². The van der Waals surface area contributed by atoms with Crippen molar-refractivity contribution in [2.45, 2.75) is 59.4 Å². The molecule has 0 heterocycles. The molecule has 0 bridgehead atoms. The van der Waals surface area contributed by atoms with Gasteiger partial charge >= 0.3 is 0 Å². The summed E-state index contributed by atoms with van der Waals surface area (Å²) in [5.74, 6) is 0. The van der Waals surface area contributed by atoms with Crippen molar-refractivity contribution in [1.82, 2.24) is 0 Å². The highest BCUT2D eigenvalue weighted by Crippen LogP contribution is 2.34. The second-order valence-corrected chi connectivity index (χ2v) is 6.69. The normalized spacial score (nSPS) is 14.8. The standard InChI is InChI=1S/C16H27N/c1-7-16(5,6)14(17)12-8-10-13(11-9-12)15(2,3)4/h8-11,14H,7,17H2,1-6H3. The van der Waals surface area contributed by atoms with Crippen LogP contribution in [-0.4, -0.2) is 0 Å². The van der Waals surface area contributed by atoms with Gasteiger partial charge in [0.25, 0.3) is 0 Å². The van der Waals surface area contributed by atoms with E-state index >= 15 is 0 Å². The highest BCUT2D eigenvalue weighted by atomic mass is 14.7. The van der Waals surface area contributed by atoms with Crippen molar-refractivity contribution in [2.75, 3.05) is 0 Å². The molecule has 0 aliphatic rings. The molecular weight excluding hydrogens is 206 g/mol. The maximum Gasteiger partial charge on any atom is 0.0346 e. The Bertz CT molecular complexity index is 354. The highest BCUT2D eigenvalue weighted by molar-refractivity contribution is 5.29. The van der Waals surface area contributed by atoms with Crippen LogP contribution < -0.4 is 5.73 Å². The Morgan fingerprint density at radius 1 is 1.00 bits per heavy atom. The molecule has 0 fully saturated rings. The molecule has 0 aliphatic carbocycles. The largest absolute Gasteiger partial charge is 0.324 e. The molecule has 1 aromatic rings. The van der Waals surface area contributed by atoms with E-state index in [1.807, 2.05) is 0 Å². The molecule has 17 heavy (non-hydrogen) atoms. The van der Waals surface area contributed by atoms with Crippen LogP contribution in [0.1, 0.15) is 65.1 Å². The summed E-state index contributed by atoms with van der Waals surface area (Å²) in [4.78, 5) is 0. The molecule has 2 N–H and O–H groups in total. The van der Waals surface area contributed by atoms with Crippen molar-refractivity contribution in [3.63, 3.8) is 0 Å². The summed E-state index contributed by atoms with van der Waals surface area (Å²) in [6, 6.07) is 8.90. The van der Waals surface area contributed by atoms with Gasteiger partial charge in [-0.2, -0.15) is 0 Å². The third-order valence-electron chi connectivity index (χ3n) is 3.89. The summed E-state index contributed by atoms with van der Waals surface area (Å²) in [6.07, 6.45) is 1.09. The van der Waals surface area contributed by atoms with Crippen LogP contribution >= 0.6 is 0 Å². The summed E-state index contributed by atoms with van der Waals surface area (Å²) in [5.41, 5.74) is 9.31. The molecule has 96 valence electrons. The minimum absolute atomic E-state index is 0.113. The maximum atomic E-state index is 6.34. The van der Waals surface area contributed by atoms with Gasteiger partial charge in [-0.25, -0.2) is 0 Å². The summed E-state index contributed by atoms with van der Waals surface area (Å²) < 4.78 is 0. The zero-order chi connectivity index (χ0) is 13.3. The summed E-state index contributed by atoms with van der Waals surface area (Å²) in [5, 5.41) is 0. The summed E-state index contributed by atoms with van der Waals surface area (Å²) in [6.45, 7) is 13.4. The smallest absolute Gasteiger partial charge is 0.0346 e. The lowest BCUT2D eigenvalue weighted by atomic mass is 9.78. The third-order valence-corrected chi connectivity index (χ3v) is 3.89. The molecule has 0 saturated heterocycles. The lowest BCUT2D eigenvalue weighted by molar-refractivity contribution is 0.278. The molecule has 1 heteroatoms. The molecule has 0 spiro atoms. The van der Waals surface area contributed by atoms with Crippen LogP contribution in [-0.2, 0) is 5.41 Å². The Kier molecular flexibility index (Phi) is 4.03. The second kappa shape index (κ2) is 4.81. The predicted molar refractivity (Wildman–Crippen MR) is 76.1 cm³/mol. The Balaban J connectivity index is 2.96. The van der Waals surface area contributed by atoms with Crippen molar-refractivity contribution in [3.05, 3.63) is 35.4 Å². The Hall–Kier alpha value is -0.820. The average molecular weight is 233 g/mol. The average Bonchev–Trinajstić information content (AvgIpc) is 2.27. The first-order valence-corrected chi connectivity index (χ1v) is 6.54. The van der Waals surface area contributed by atoms with Crippen molar-refractivity contribution in [2.24, 2.45) is 11.1 Å². The quantitative estimate of drug-likeness (QED) is 0.821. The molecule has 1 rings (SSSR count). The van der Waals surface area contributed by atoms with Crippen LogP contribution in [0.2, 0.25) is 0 Å². The predicted octanol–water partition coefficient (Wildman–Crippen LogP) is 4.42. The molecule has 1 aromatic carbocycles. The lowest BCUT2D eigenvalue weighted by Gasteiger charge is -2.31. The zero-order valence-corrected chi connectivity index (χ0v) is 12.2. The SMILES string of the molecule is CCC(C)(C)C(N)c1ccc(C(C)(C)C)cc1. The van der Waals surface area contributed by atoms with E-state index in [4.69, 9.17) is 5.73 Å². The highest BCUT2D eigenvalue weighted by Gasteiger charge is 2.25. The van der Waals surface area contributed by atoms with Gasteiger partial charge in [0.15, 0.2) is 0 Å². The Morgan fingerprint density at radius 3 is 1.82 bits per heavy atom. The summed E-state index contributed by atoms with van der Waals surface area (Å²) >= 11 is 0. The van der Waals surface area contributed by atoms with Crippen molar-refractivity contribution in [3.8, 4) is 0 Å². The Morgan fingerprint density at radius 2 is 1.47 bits per heavy atom. The van der Waals surface area contributed by atoms with E-state index in [9.17, 15) is 0 Å². The van der Waals surface area contributed by atoms with Crippen molar-refractivity contribution < 1.29 is 0 Å². The molecule has 0 aliphatic heterocycles. The summed E-state index contributed by atoms with van der Waals surface area (Å²) in [7, 11) is 0. The first-order valence-electron chi connectivity index (χ1n) is 6.54. The van der Waals surface area contributed by atoms with Crippen LogP contribution in [0.3, 0.4) is 0 Å². The van der Waals surface area contributed by atoms with Gasteiger partial charge in [0.05, 0.1) is 0 Å². The molecule has 0 radical (unpaired) electrons. The Labute approximate surface area is 106 Å². The van der Waals surface area contributed by atoms with Crippen LogP contribution in [0.5, 0.6) is 0 Å². The van der Waals surface area contributed by atoms with Gasteiger partial charge in [-0.1, -0.05) is 65.8 Å². The fourth-order valence-corrected chi connectivity index (χ4v) is 1.86. The van der Waals surface area contributed by atoms with E-state index in [1.165, 1.54) is 11.1 Å². The van der Waals surface area contributed by atoms with Gasteiger partial charge in [0.1, 0.15) is 0 Å². The van der Waals surface area contributed by atoms with Crippen molar-refractivity contribution in [1.29, 1.82) is 0 Å². The topological polar surface area (TPSA) is 26.0 Å². The molecule has 0 aromatic heterocycles. The fourth-order valence-electron chi connectivity index (χ4n) is 1.86. The van der Waals surface area contributed by atoms with E-state index in [2.05, 4.69) is 65.8 Å². The van der Waals surface area contributed by atoms with E-state index < -0.39 is 0 Å². The number of benzene rings is 1. The number of nitrogens with two attached hydrogens (primary N) is 1. The van der Waals surface area contributed by atoms with Gasteiger partial charge in [-0.15, -0.1) is 0 Å². The van der Waals surface area contributed by atoms with Crippen LogP contribution in [0.4, 0.5) is 0 Å². The molecule has 1 atom stereocenters. The van der Waals surface area contributed by atoms with E-state index in [1.54, 1.807) is 0 Å². The number of hydrogen-bond donors (Lipinski definition) is 1. The second-order valence-electron chi connectivity index (χ2n) is 6.69. The van der Waals surface area contributed by atoms with Gasteiger partial charge in [0, 0.05) is 6.04 Å². The minimum Gasteiger partial charge on any atom is -0.324 e. The fraction of sp³-hybridized carbons (Fsp3) is 0.625. The van der Waals surface area contributed by atoms with Crippen LogP contribution in [0.25, 0.3) is 0 Å². The first kappa shape index (κ1) is 14.2. The molecule has 1 nitrogen and oxygen atoms in total. The van der Waals surface area contributed by atoms with Gasteiger partial charge in [0.2, 0.25) is 0 Å². The van der Waals surface area contributed by atoms with Crippen molar-refractivity contribution >= 4 is 0 Å². The first-order chi connectivity index (χ1) is 7.68. The zero-order valence-electron chi connectivity index (χ0n) is 12.2. The van der Waals surface area contributed by atoms with E-state index in [-0.39, 0.29) is 16.9 Å². The molecule has 1 unspecified atom stereocenters.